The van der Waals surface area contributed by atoms with Gasteiger partial charge in [-0.3, -0.25) is 0 Å². The molecule has 0 radical (unpaired) electrons. The van der Waals surface area contributed by atoms with Gasteiger partial charge < -0.3 is 15.0 Å². The zero-order chi connectivity index (χ0) is 16.2. The number of nitrogens with zero attached hydrogens (tertiary/aromatic N) is 1. The molecule has 0 aliphatic carbocycles. The molecule has 1 heterocycles. The Balaban J connectivity index is 2.10. The molecule has 7 heteroatoms. The van der Waals surface area contributed by atoms with E-state index in [2.05, 4.69) is 5.32 Å². The number of nitrogens with one attached hydrogen (secondary N) is 1. The molecule has 2 amide bonds. The van der Waals surface area contributed by atoms with Crippen LogP contribution in [0.2, 0.25) is 0 Å². The van der Waals surface area contributed by atoms with Crippen molar-refractivity contribution in [1.29, 1.82) is 0 Å². The molecule has 1 aliphatic heterocycles. The molecule has 1 unspecified atom stereocenters. The molecule has 0 bridgehead atoms. The van der Waals surface area contributed by atoms with E-state index in [1.54, 1.807) is 17.0 Å². The first kappa shape index (κ1) is 16.6. The lowest BCUT2D eigenvalue weighted by molar-refractivity contribution is 0.197. The Morgan fingerprint density at radius 2 is 2.09 bits per heavy atom. The van der Waals surface area contributed by atoms with Crippen LogP contribution >= 0.6 is 0 Å². The van der Waals surface area contributed by atoms with Crippen LogP contribution in [0.1, 0.15) is 20.3 Å². The number of urea groups is 1. The van der Waals surface area contributed by atoms with Gasteiger partial charge in [0.05, 0.1) is 23.8 Å². The predicted octanol–water partition coefficient (Wildman–Crippen LogP) is 2.13. The van der Waals surface area contributed by atoms with Crippen molar-refractivity contribution in [3.05, 3.63) is 24.3 Å². The standard InChI is InChI=1S/C15H22N2O4S/c1-3-17(12-9-10-22(19,20)11-12)15(18)16-13-7-5-6-8-14(13)21-4-2/h5-8,12H,3-4,9-11H2,1-2H3,(H,16,18). The van der Waals surface area contributed by atoms with Gasteiger partial charge in [-0.25, -0.2) is 13.2 Å². The van der Waals surface area contributed by atoms with E-state index in [1.165, 1.54) is 0 Å². The second-order valence-electron chi connectivity index (χ2n) is 5.20. The summed E-state index contributed by atoms with van der Waals surface area (Å²) in [6.07, 6.45) is 0.497. The molecule has 1 N–H and O–H groups in total. The number of sulfone groups is 1. The molecule has 0 spiro atoms. The third-order valence-corrected chi connectivity index (χ3v) is 5.43. The molecule has 1 aromatic carbocycles. The second kappa shape index (κ2) is 7.00. The van der Waals surface area contributed by atoms with Gasteiger partial charge in [0.2, 0.25) is 0 Å². The molecule has 2 rings (SSSR count). The van der Waals surface area contributed by atoms with Crippen LogP contribution in [-0.4, -0.2) is 50.0 Å². The quantitative estimate of drug-likeness (QED) is 0.899. The van der Waals surface area contributed by atoms with Crippen molar-refractivity contribution in [2.45, 2.75) is 26.3 Å². The van der Waals surface area contributed by atoms with Gasteiger partial charge >= 0.3 is 6.03 Å². The first-order chi connectivity index (χ1) is 10.5. The van der Waals surface area contributed by atoms with Gasteiger partial charge in [-0.15, -0.1) is 0 Å². The Morgan fingerprint density at radius 1 is 1.36 bits per heavy atom. The number of anilines is 1. The monoisotopic (exact) mass is 326 g/mol. The summed E-state index contributed by atoms with van der Waals surface area (Å²) in [5, 5.41) is 2.82. The van der Waals surface area contributed by atoms with Crippen molar-refractivity contribution in [3.63, 3.8) is 0 Å². The van der Waals surface area contributed by atoms with Crippen LogP contribution in [0, 0.1) is 0 Å². The lowest BCUT2D eigenvalue weighted by atomic mass is 10.2. The van der Waals surface area contributed by atoms with Gasteiger partial charge in [0, 0.05) is 12.6 Å². The lowest BCUT2D eigenvalue weighted by Gasteiger charge is -2.27. The number of carbonyl (C=O) groups excluding carboxylic acids is 1. The summed E-state index contributed by atoms with van der Waals surface area (Å²) in [7, 11) is -3.02. The van der Waals surface area contributed by atoms with Gasteiger partial charge in [-0.1, -0.05) is 12.1 Å². The minimum atomic E-state index is -3.02. The van der Waals surface area contributed by atoms with Gasteiger partial charge in [-0.05, 0) is 32.4 Å². The fourth-order valence-corrected chi connectivity index (χ4v) is 4.36. The van der Waals surface area contributed by atoms with Crippen LogP contribution in [0.5, 0.6) is 5.75 Å². The van der Waals surface area contributed by atoms with Gasteiger partial charge in [0.15, 0.2) is 9.84 Å². The number of hydrogen-bond donors (Lipinski definition) is 1. The second-order valence-corrected chi connectivity index (χ2v) is 7.43. The van der Waals surface area contributed by atoms with Gasteiger partial charge in [-0.2, -0.15) is 0 Å². The highest BCUT2D eigenvalue weighted by atomic mass is 32.2. The first-order valence-electron chi connectivity index (χ1n) is 7.46. The zero-order valence-electron chi connectivity index (χ0n) is 12.9. The number of carbonyl (C=O) groups is 1. The fraction of sp³-hybridized carbons (Fsp3) is 0.533. The van der Waals surface area contributed by atoms with E-state index in [1.807, 2.05) is 26.0 Å². The topological polar surface area (TPSA) is 75.7 Å². The number of para-hydroxylation sites is 2. The van der Waals surface area contributed by atoms with Crippen LogP contribution < -0.4 is 10.1 Å². The molecular weight excluding hydrogens is 304 g/mol. The Hall–Kier alpha value is -1.76. The maximum atomic E-state index is 12.5. The largest absolute Gasteiger partial charge is 0.492 e. The summed E-state index contributed by atoms with van der Waals surface area (Å²) in [6, 6.07) is 6.65. The van der Waals surface area contributed by atoms with Crippen LogP contribution in [-0.2, 0) is 9.84 Å². The third-order valence-electron chi connectivity index (χ3n) is 3.68. The van der Waals surface area contributed by atoms with Crippen molar-refractivity contribution in [2.24, 2.45) is 0 Å². The van der Waals surface area contributed by atoms with Gasteiger partial charge in [0.1, 0.15) is 5.75 Å². The predicted molar refractivity (Wildman–Crippen MR) is 86.1 cm³/mol. The molecule has 1 aromatic rings. The summed E-state index contributed by atoms with van der Waals surface area (Å²) in [5.41, 5.74) is 0.591. The average Bonchev–Trinajstić information content (AvgIpc) is 2.82. The molecule has 1 saturated heterocycles. The van der Waals surface area contributed by atoms with Crippen molar-refractivity contribution in [3.8, 4) is 5.75 Å². The molecule has 1 aliphatic rings. The van der Waals surface area contributed by atoms with E-state index in [0.717, 1.165) is 0 Å². The highest BCUT2D eigenvalue weighted by Gasteiger charge is 2.34. The van der Waals surface area contributed by atoms with Crippen molar-refractivity contribution >= 4 is 21.6 Å². The normalized spacial score (nSPS) is 19.6. The smallest absolute Gasteiger partial charge is 0.322 e. The summed E-state index contributed by atoms with van der Waals surface area (Å²) in [5.74, 6) is 0.798. The molecule has 122 valence electrons. The molecule has 6 nitrogen and oxygen atoms in total. The van der Waals surface area contributed by atoms with Crippen LogP contribution in [0.3, 0.4) is 0 Å². The van der Waals surface area contributed by atoms with E-state index in [9.17, 15) is 13.2 Å². The van der Waals surface area contributed by atoms with Crippen molar-refractivity contribution < 1.29 is 17.9 Å². The summed E-state index contributed by atoms with van der Waals surface area (Å²) >= 11 is 0. The fourth-order valence-electron chi connectivity index (χ4n) is 2.63. The average molecular weight is 326 g/mol. The van der Waals surface area contributed by atoms with Crippen LogP contribution in [0.4, 0.5) is 10.5 Å². The Labute approximate surface area is 131 Å². The van der Waals surface area contributed by atoms with E-state index in [4.69, 9.17) is 4.74 Å². The number of amides is 2. The number of benzene rings is 1. The van der Waals surface area contributed by atoms with Crippen molar-refractivity contribution in [2.75, 3.05) is 30.0 Å². The maximum Gasteiger partial charge on any atom is 0.322 e. The molecular formula is C15H22N2O4S. The lowest BCUT2D eigenvalue weighted by Crippen LogP contribution is -2.43. The molecule has 0 aromatic heterocycles. The molecule has 1 atom stereocenters. The molecule has 0 saturated carbocycles. The highest BCUT2D eigenvalue weighted by Crippen LogP contribution is 2.25. The number of hydrogen-bond acceptors (Lipinski definition) is 4. The summed E-state index contributed by atoms with van der Waals surface area (Å²) in [4.78, 5) is 14.0. The first-order valence-corrected chi connectivity index (χ1v) is 9.29. The molecule has 1 fully saturated rings. The van der Waals surface area contributed by atoms with Gasteiger partial charge in [0.25, 0.3) is 0 Å². The SMILES string of the molecule is CCOc1ccccc1NC(=O)N(CC)C1CCS(=O)(=O)C1. The summed E-state index contributed by atoms with van der Waals surface area (Å²) in [6.45, 7) is 4.69. The summed E-state index contributed by atoms with van der Waals surface area (Å²) < 4.78 is 28.7. The van der Waals surface area contributed by atoms with E-state index in [-0.39, 0.29) is 23.6 Å². The van der Waals surface area contributed by atoms with E-state index < -0.39 is 9.84 Å². The minimum absolute atomic E-state index is 0.0430. The number of ether oxygens (including phenoxy) is 1. The Kier molecular flexibility index (Phi) is 5.28. The maximum absolute atomic E-state index is 12.5. The number of rotatable bonds is 5. The van der Waals surface area contributed by atoms with Crippen molar-refractivity contribution in [1.82, 2.24) is 4.90 Å². The molecule has 22 heavy (non-hydrogen) atoms. The Bertz CT molecular complexity index is 630. The van der Waals surface area contributed by atoms with E-state index in [0.29, 0.717) is 31.0 Å². The highest BCUT2D eigenvalue weighted by molar-refractivity contribution is 7.91. The Morgan fingerprint density at radius 3 is 2.68 bits per heavy atom. The van der Waals surface area contributed by atoms with Crippen LogP contribution in [0.15, 0.2) is 24.3 Å². The van der Waals surface area contributed by atoms with Crippen LogP contribution in [0.25, 0.3) is 0 Å². The minimum Gasteiger partial charge on any atom is -0.492 e. The zero-order valence-corrected chi connectivity index (χ0v) is 13.7. The van der Waals surface area contributed by atoms with E-state index >= 15 is 0 Å². The third kappa shape index (κ3) is 3.91.